The van der Waals surface area contributed by atoms with Crippen molar-refractivity contribution in [2.24, 2.45) is 0 Å². The van der Waals surface area contributed by atoms with Gasteiger partial charge in [-0.05, 0) is 24.3 Å². The second-order valence-corrected chi connectivity index (χ2v) is 5.60. The lowest BCUT2D eigenvalue weighted by atomic mass is 10.3. The van der Waals surface area contributed by atoms with Crippen LogP contribution in [-0.2, 0) is 14.6 Å². The van der Waals surface area contributed by atoms with E-state index in [0.29, 0.717) is 12.2 Å². The van der Waals surface area contributed by atoms with Gasteiger partial charge < -0.3 is 10.6 Å². The zero-order chi connectivity index (χ0) is 14.5. The van der Waals surface area contributed by atoms with Crippen molar-refractivity contribution >= 4 is 21.4 Å². The number of halogens is 2. The number of hydrogen-bond donors (Lipinski definition) is 2. The van der Waals surface area contributed by atoms with Crippen LogP contribution in [0.2, 0.25) is 0 Å². The Morgan fingerprint density at radius 3 is 2.32 bits per heavy atom. The van der Waals surface area contributed by atoms with Gasteiger partial charge in [-0.15, -0.1) is 0 Å². The fraction of sp³-hybridized carbons (Fsp3) is 0.364. The molecule has 1 aromatic rings. The van der Waals surface area contributed by atoms with Crippen LogP contribution >= 0.6 is 0 Å². The Balaban J connectivity index is 2.65. The molecule has 5 nitrogen and oxygen atoms in total. The second kappa shape index (κ2) is 6.46. The van der Waals surface area contributed by atoms with Gasteiger partial charge in [0.05, 0.1) is 4.90 Å². The zero-order valence-corrected chi connectivity index (χ0v) is 11.0. The largest absolute Gasteiger partial charge is 0.385 e. The molecular formula is C11H14F2N2O3S. The van der Waals surface area contributed by atoms with Crippen molar-refractivity contribution in [1.82, 2.24) is 5.32 Å². The number of alkyl halides is 2. The van der Waals surface area contributed by atoms with Crippen molar-refractivity contribution in [2.45, 2.75) is 17.1 Å². The minimum Gasteiger partial charge on any atom is -0.385 e. The summed E-state index contributed by atoms with van der Waals surface area (Å²) < 4.78 is 46.9. The van der Waals surface area contributed by atoms with Gasteiger partial charge in [0.2, 0.25) is 15.7 Å². The summed E-state index contributed by atoms with van der Waals surface area (Å²) in [4.78, 5) is 10.5. The maximum atomic E-state index is 12.3. The highest BCUT2D eigenvalue weighted by molar-refractivity contribution is 7.91. The van der Waals surface area contributed by atoms with Gasteiger partial charge in [0.1, 0.15) is 0 Å². The highest BCUT2D eigenvalue weighted by atomic mass is 32.2. The molecule has 1 aromatic carbocycles. The van der Waals surface area contributed by atoms with Gasteiger partial charge in [-0.1, -0.05) is 0 Å². The number of amides is 1. The molecule has 0 aliphatic carbocycles. The van der Waals surface area contributed by atoms with E-state index in [1.54, 1.807) is 0 Å². The van der Waals surface area contributed by atoms with E-state index in [-0.39, 0.29) is 12.3 Å². The predicted molar refractivity (Wildman–Crippen MR) is 66.8 cm³/mol. The summed E-state index contributed by atoms with van der Waals surface area (Å²) in [7, 11) is -3.04. The number of sulfone groups is 1. The normalized spacial score (nSPS) is 11.4. The van der Waals surface area contributed by atoms with Crippen LogP contribution < -0.4 is 10.6 Å². The van der Waals surface area contributed by atoms with Crippen LogP contribution in [0.25, 0.3) is 0 Å². The van der Waals surface area contributed by atoms with E-state index in [0.717, 1.165) is 12.1 Å². The number of anilines is 1. The summed E-state index contributed by atoms with van der Waals surface area (Å²) in [5.41, 5.74) is 0.553. The van der Waals surface area contributed by atoms with Gasteiger partial charge >= 0.3 is 5.76 Å². The first kappa shape index (κ1) is 15.4. The molecule has 0 saturated carbocycles. The number of rotatable bonds is 6. The van der Waals surface area contributed by atoms with Gasteiger partial charge in [0, 0.05) is 25.7 Å². The Labute approximate surface area is 109 Å². The van der Waals surface area contributed by atoms with Crippen LogP contribution in [-0.4, -0.2) is 33.7 Å². The van der Waals surface area contributed by atoms with Crippen LogP contribution in [0.4, 0.5) is 14.5 Å². The molecule has 0 bridgehead atoms. The fourth-order valence-electron chi connectivity index (χ4n) is 1.31. The molecule has 2 N–H and O–H groups in total. The summed E-state index contributed by atoms with van der Waals surface area (Å²) in [6, 6.07) is 4.95. The van der Waals surface area contributed by atoms with Crippen LogP contribution in [0.1, 0.15) is 6.42 Å². The van der Waals surface area contributed by atoms with Crippen molar-refractivity contribution in [1.29, 1.82) is 0 Å². The van der Waals surface area contributed by atoms with Gasteiger partial charge in [-0.2, -0.15) is 8.78 Å². The molecule has 0 saturated heterocycles. The highest BCUT2D eigenvalue weighted by Crippen LogP contribution is 2.20. The van der Waals surface area contributed by atoms with E-state index in [1.807, 2.05) is 0 Å². The van der Waals surface area contributed by atoms with Crippen molar-refractivity contribution in [3.05, 3.63) is 24.3 Å². The minimum absolute atomic E-state index is 0.135. The third kappa shape index (κ3) is 4.16. The molecule has 0 aliphatic heterocycles. The predicted octanol–water partition coefficient (Wildman–Crippen LogP) is 1.23. The summed E-state index contributed by atoms with van der Waals surface area (Å²) >= 11 is 0. The van der Waals surface area contributed by atoms with Gasteiger partial charge in [0.15, 0.2) is 0 Å². The van der Waals surface area contributed by atoms with Crippen LogP contribution in [0.3, 0.4) is 0 Å². The molecule has 0 aromatic heterocycles. The first-order valence-corrected chi connectivity index (χ1v) is 6.99. The minimum atomic E-state index is -4.56. The maximum Gasteiger partial charge on any atom is 0.341 e. The molecule has 0 radical (unpaired) electrons. The van der Waals surface area contributed by atoms with E-state index in [2.05, 4.69) is 10.6 Å². The number of benzene rings is 1. The van der Waals surface area contributed by atoms with Gasteiger partial charge in [-0.25, -0.2) is 8.42 Å². The molecule has 106 valence electrons. The molecule has 0 heterocycles. The monoisotopic (exact) mass is 292 g/mol. The fourth-order valence-corrected chi connectivity index (χ4v) is 2.03. The van der Waals surface area contributed by atoms with Crippen molar-refractivity contribution in [3.8, 4) is 0 Å². The van der Waals surface area contributed by atoms with Crippen molar-refractivity contribution in [3.63, 3.8) is 0 Å². The topological polar surface area (TPSA) is 75.3 Å². The first-order valence-electron chi connectivity index (χ1n) is 5.44. The summed E-state index contributed by atoms with van der Waals surface area (Å²) in [5.74, 6) is -3.57. The van der Waals surface area contributed by atoms with E-state index in [4.69, 9.17) is 0 Å². The summed E-state index contributed by atoms with van der Waals surface area (Å²) in [6.45, 7) is 0.362. The van der Waals surface area contributed by atoms with Crippen LogP contribution in [0.15, 0.2) is 29.2 Å². The quantitative estimate of drug-likeness (QED) is 0.827. The van der Waals surface area contributed by atoms with E-state index < -0.39 is 20.5 Å². The molecule has 0 aliphatic rings. The Morgan fingerprint density at radius 2 is 1.84 bits per heavy atom. The smallest absolute Gasteiger partial charge is 0.341 e. The molecule has 8 heteroatoms. The average molecular weight is 292 g/mol. The lowest BCUT2D eigenvalue weighted by Crippen LogP contribution is -2.20. The first-order chi connectivity index (χ1) is 8.87. The van der Waals surface area contributed by atoms with Crippen LogP contribution in [0.5, 0.6) is 0 Å². The standard InChI is InChI=1S/C11H14F2N2O3S/c1-14-10(16)6-7-15-8-2-4-9(5-3-8)19(17,18)11(12)13/h2-5,11,15H,6-7H2,1H3,(H,14,16). The Hall–Kier alpha value is -1.70. The Kier molecular flexibility index (Phi) is 5.22. The van der Waals surface area contributed by atoms with Crippen LogP contribution in [0, 0.1) is 0 Å². The molecule has 1 amide bonds. The molecule has 0 fully saturated rings. The average Bonchev–Trinajstić information content (AvgIpc) is 2.39. The molecule has 19 heavy (non-hydrogen) atoms. The third-order valence-electron chi connectivity index (χ3n) is 2.38. The third-order valence-corrected chi connectivity index (χ3v) is 3.78. The molecule has 1 rings (SSSR count). The van der Waals surface area contributed by atoms with Crippen molar-refractivity contribution in [2.75, 3.05) is 18.9 Å². The molecule has 0 unspecified atom stereocenters. The molecule has 0 atom stereocenters. The number of hydrogen-bond acceptors (Lipinski definition) is 4. The lowest BCUT2D eigenvalue weighted by Gasteiger charge is -2.07. The van der Waals surface area contributed by atoms with E-state index >= 15 is 0 Å². The van der Waals surface area contributed by atoms with E-state index in [9.17, 15) is 22.0 Å². The Morgan fingerprint density at radius 1 is 1.26 bits per heavy atom. The SMILES string of the molecule is CNC(=O)CCNc1ccc(S(=O)(=O)C(F)F)cc1. The number of nitrogens with one attached hydrogen (secondary N) is 2. The molecule has 0 spiro atoms. The summed E-state index contributed by atoms with van der Waals surface area (Å²) in [5, 5.41) is 5.33. The zero-order valence-electron chi connectivity index (χ0n) is 10.2. The molecular weight excluding hydrogens is 278 g/mol. The van der Waals surface area contributed by atoms with Gasteiger partial charge in [-0.3, -0.25) is 4.79 Å². The summed E-state index contributed by atoms with van der Waals surface area (Å²) in [6.07, 6.45) is 0.258. The number of carbonyl (C=O) groups is 1. The van der Waals surface area contributed by atoms with Crippen molar-refractivity contribution < 1.29 is 22.0 Å². The maximum absolute atomic E-state index is 12.3. The lowest BCUT2D eigenvalue weighted by molar-refractivity contribution is -0.120. The highest BCUT2D eigenvalue weighted by Gasteiger charge is 2.26. The second-order valence-electron chi connectivity index (χ2n) is 3.68. The van der Waals surface area contributed by atoms with E-state index in [1.165, 1.54) is 19.2 Å². The Bertz CT molecular complexity index is 529. The number of carbonyl (C=O) groups excluding carboxylic acids is 1. The van der Waals surface area contributed by atoms with Gasteiger partial charge in [0.25, 0.3) is 0 Å².